The number of nitrogens with zero attached hydrogens (tertiary/aromatic N) is 4. The molecule has 0 amide bonds. The van der Waals surface area contributed by atoms with Crippen LogP contribution in [0, 0.1) is 0 Å². The first-order valence-electron chi connectivity index (χ1n) is 6.90. The Morgan fingerprint density at radius 2 is 2.33 bits per heavy atom. The van der Waals surface area contributed by atoms with Crippen molar-refractivity contribution >= 4 is 17.6 Å². The number of rotatable bonds is 6. The highest BCUT2D eigenvalue weighted by atomic mass is 32.2. The summed E-state index contributed by atoms with van der Waals surface area (Å²) in [5.74, 6) is 7.26. The van der Waals surface area contributed by atoms with E-state index in [0.29, 0.717) is 23.4 Å². The van der Waals surface area contributed by atoms with Gasteiger partial charge in [0, 0.05) is 18.5 Å². The standard InChI is InChI=1S/C12H17N7OS/c1-2-5-19-11(20)17-18-12(19)21-9-6-8(16-13)14-10(15-9)7-3-4-7/h6-7H,2-5,13H2,1H3,(H,17,20)(H,14,15,16). The van der Waals surface area contributed by atoms with E-state index >= 15 is 0 Å². The van der Waals surface area contributed by atoms with Crippen LogP contribution in [0.4, 0.5) is 5.82 Å². The Morgan fingerprint density at radius 3 is 3.00 bits per heavy atom. The lowest BCUT2D eigenvalue weighted by molar-refractivity contribution is 0.603. The molecule has 3 rings (SSSR count). The van der Waals surface area contributed by atoms with Gasteiger partial charge in [0.05, 0.1) is 0 Å². The molecule has 8 nitrogen and oxygen atoms in total. The first-order chi connectivity index (χ1) is 10.2. The van der Waals surface area contributed by atoms with Crippen molar-refractivity contribution in [1.29, 1.82) is 0 Å². The van der Waals surface area contributed by atoms with Gasteiger partial charge >= 0.3 is 5.69 Å². The number of hydrazine groups is 1. The van der Waals surface area contributed by atoms with Gasteiger partial charge in [0.1, 0.15) is 16.7 Å². The zero-order valence-corrected chi connectivity index (χ0v) is 12.5. The zero-order chi connectivity index (χ0) is 14.8. The third-order valence-electron chi connectivity index (χ3n) is 3.18. The number of aromatic amines is 1. The molecule has 9 heteroatoms. The molecule has 0 unspecified atom stereocenters. The minimum Gasteiger partial charge on any atom is -0.308 e. The molecule has 0 radical (unpaired) electrons. The molecule has 112 valence electrons. The molecule has 2 aromatic rings. The Labute approximate surface area is 125 Å². The van der Waals surface area contributed by atoms with Crippen molar-refractivity contribution in [3.8, 4) is 0 Å². The van der Waals surface area contributed by atoms with Crippen LogP contribution in [0.1, 0.15) is 37.9 Å². The Balaban J connectivity index is 1.90. The molecule has 4 N–H and O–H groups in total. The fraction of sp³-hybridized carbons (Fsp3) is 0.500. The van der Waals surface area contributed by atoms with Crippen molar-refractivity contribution in [2.45, 2.75) is 48.8 Å². The molecule has 0 aromatic carbocycles. The van der Waals surface area contributed by atoms with Crippen molar-refractivity contribution in [3.05, 3.63) is 22.4 Å². The molecule has 2 heterocycles. The van der Waals surface area contributed by atoms with E-state index in [4.69, 9.17) is 5.84 Å². The lowest BCUT2D eigenvalue weighted by Gasteiger charge is -2.07. The summed E-state index contributed by atoms with van der Waals surface area (Å²) in [4.78, 5) is 20.6. The number of hydrogen-bond donors (Lipinski definition) is 3. The van der Waals surface area contributed by atoms with E-state index in [1.54, 1.807) is 10.6 Å². The number of aromatic nitrogens is 5. The number of anilines is 1. The van der Waals surface area contributed by atoms with E-state index in [2.05, 4.69) is 25.6 Å². The van der Waals surface area contributed by atoms with E-state index in [1.165, 1.54) is 11.8 Å². The predicted molar refractivity (Wildman–Crippen MR) is 79.1 cm³/mol. The number of nitrogen functional groups attached to an aromatic ring is 1. The highest BCUT2D eigenvalue weighted by Crippen LogP contribution is 2.39. The maximum atomic E-state index is 11.7. The lowest BCUT2D eigenvalue weighted by atomic mass is 10.4. The maximum absolute atomic E-state index is 11.7. The van der Waals surface area contributed by atoms with E-state index in [1.807, 2.05) is 6.92 Å². The van der Waals surface area contributed by atoms with Crippen LogP contribution in [0.15, 0.2) is 21.0 Å². The van der Waals surface area contributed by atoms with Crippen LogP contribution in [0.3, 0.4) is 0 Å². The summed E-state index contributed by atoms with van der Waals surface area (Å²) in [7, 11) is 0. The molecule has 1 aliphatic carbocycles. The van der Waals surface area contributed by atoms with Crippen LogP contribution in [0.25, 0.3) is 0 Å². The van der Waals surface area contributed by atoms with Gasteiger partial charge in [-0.3, -0.25) is 4.57 Å². The van der Waals surface area contributed by atoms with Crippen molar-refractivity contribution in [2.75, 3.05) is 5.43 Å². The zero-order valence-electron chi connectivity index (χ0n) is 11.7. The van der Waals surface area contributed by atoms with Gasteiger partial charge in [0.2, 0.25) is 0 Å². The number of H-pyrrole nitrogens is 1. The molecule has 0 saturated heterocycles. The topological polar surface area (TPSA) is 115 Å². The third-order valence-corrected chi connectivity index (χ3v) is 4.09. The normalized spacial score (nSPS) is 14.4. The largest absolute Gasteiger partial charge is 0.343 e. The summed E-state index contributed by atoms with van der Waals surface area (Å²) in [5.41, 5.74) is 2.36. The molecule has 1 aliphatic rings. The van der Waals surface area contributed by atoms with Gasteiger partial charge in [-0.1, -0.05) is 6.92 Å². The Hall–Kier alpha value is -1.87. The van der Waals surface area contributed by atoms with Gasteiger partial charge in [-0.25, -0.2) is 25.7 Å². The van der Waals surface area contributed by atoms with E-state index < -0.39 is 0 Å². The summed E-state index contributed by atoms with van der Waals surface area (Å²) in [6.45, 7) is 2.64. The summed E-state index contributed by atoms with van der Waals surface area (Å²) in [6.07, 6.45) is 3.09. The SMILES string of the molecule is CCCn1c(Sc2cc(NN)nc(C3CC3)n2)n[nH]c1=O. The van der Waals surface area contributed by atoms with Crippen LogP contribution in [0.2, 0.25) is 0 Å². The Bertz CT molecular complexity index is 691. The molecule has 21 heavy (non-hydrogen) atoms. The molecule has 1 saturated carbocycles. The quantitative estimate of drug-likeness (QED) is 0.415. The maximum Gasteiger partial charge on any atom is 0.343 e. The van der Waals surface area contributed by atoms with Gasteiger partial charge in [0.25, 0.3) is 0 Å². The van der Waals surface area contributed by atoms with Crippen LogP contribution in [-0.4, -0.2) is 24.7 Å². The van der Waals surface area contributed by atoms with Crippen LogP contribution in [0.5, 0.6) is 0 Å². The molecule has 0 aliphatic heterocycles. The molecule has 0 atom stereocenters. The molecule has 0 spiro atoms. The summed E-state index contributed by atoms with van der Waals surface area (Å²) in [6, 6.07) is 1.76. The highest BCUT2D eigenvalue weighted by Gasteiger charge is 2.27. The Morgan fingerprint density at radius 1 is 1.52 bits per heavy atom. The monoisotopic (exact) mass is 307 g/mol. The Kier molecular flexibility index (Phi) is 3.93. The number of hydrogen-bond acceptors (Lipinski definition) is 7. The first kappa shape index (κ1) is 14.1. The first-order valence-corrected chi connectivity index (χ1v) is 7.71. The second kappa shape index (κ2) is 5.86. The fourth-order valence-electron chi connectivity index (χ4n) is 1.99. The second-order valence-corrected chi connectivity index (χ2v) is 5.92. The fourth-order valence-corrected chi connectivity index (χ4v) is 2.86. The van der Waals surface area contributed by atoms with Crippen LogP contribution >= 0.6 is 11.8 Å². The third kappa shape index (κ3) is 3.08. The lowest BCUT2D eigenvalue weighted by Crippen LogP contribution is -2.17. The predicted octanol–water partition coefficient (Wildman–Crippen LogP) is 1.09. The van der Waals surface area contributed by atoms with Gasteiger partial charge in [-0.2, -0.15) is 0 Å². The van der Waals surface area contributed by atoms with E-state index in [-0.39, 0.29) is 5.69 Å². The van der Waals surface area contributed by atoms with Gasteiger partial charge in [-0.15, -0.1) is 5.10 Å². The second-order valence-electron chi connectivity index (χ2n) is 4.93. The number of nitrogens with two attached hydrogens (primary N) is 1. The molecule has 0 bridgehead atoms. The number of nitrogens with one attached hydrogen (secondary N) is 2. The van der Waals surface area contributed by atoms with Gasteiger partial charge in [-0.05, 0) is 31.0 Å². The van der Waals surface area contributed by atoms with E-state index in [0.717, 1.165) is 30.1 Å². The summed E-state index contributed by atoms with van der Waals surface area (Å²) >= 11 is 1.34. The average Bonchev–Trinajstić information content (AvgIpc) is 3.28. The molecular weight excluding hydrogens is 290 g/mol. The smallest absolute Gasteiger partial charge is 0.308 e. The minimum atomic E-state index is -0.201. The highest BCUT2D eigenvalue weighted by molar-refractivity contribution is 7.99. The van der Waals surface area contributed by atoms with Crippen LogP contribution < -0.4 is 17.0 Å². The average molecular weight is 307 g/mol. The van der Waals surface area contributed by atoms with Gasteiger partial charge in [0.15, 0.2) is 5.16 Å². The van der Waals surface area contributed by atoms with Crippen molar-refractivity contribution in [1.82, 2.24) is 24.7 Å². The summed E-state index contributed by atoms with van der Waals surface area (Å²) < 4.78 is 1.61. The molecular formula is C12H17N7OS. The van der Waals surface area contributed by atoms with Crippen LogP contribution in [-0.2, 0) is 6.54 Å². The minimum absolute atomic E-state index is 0.201. The molecule has 2 aromatic heterocycles. The van der Waals surface area contributed by atoms with Crippen molar-refractivity contribution in [2.24, 2.45) is 5.84 Å². The molecule has 1 fully saturated rings. The van der Waals surface area contributed by atoms with E-state index in [9.17, 15) is 4.79 Å². The van der Waals surface area contributed by atoms with Crippen molar-refractivity contribution < 1.29 is 0 Å². The van der Waals surface area contributed by atoms with Crippen molar-refractivity contribution in [3.63, 3.8) is 0 Å². The summed E-state index contributed by atoms with van der Waals surface area (Å²) in [5, 5.41) is 7.86. The van der Waals surface area contributed by atoms with Gasteiger partial charge < -0.3 is 5.43 Å².